The van der Waals surface area contributed by atoms with E-state index in [1.807, 2.05) is 0 Å². The third-order valence-electron chi connectivity index (χ3n) is 0.850. The van der Waals surface area contributed by atoms with E-state index < -0.39 is 6.29 Å². The van der Waals surface area contributed by atoms with Gasteiger partial charge < -0.3 is 4.74 Å². The average Bonchev–Trinajstić information content (AvgIpc) is 1.66. The first-order valence-corrected chi connectivity index (χ1v) is 3.04. The highest BCUT2D eigenvalue weighted by Crippen LogP contribution is 1.90. The largest absolute Gasteiger partial charge is 0.350 e. The Morgan fingerprint density at radius 1 is 1.62 bits per heavy atom. The second-order valence-corrected chi connectivity index (χ2v) is 1.79. The molecule has 0 amide bonds. The smallest absolute Gasteiger partial charge is 0.188 e. The van der Waals surface area contributed by atoms with Gasteiger partial charge in [0.2, 0.25) is 0 Å². The van der Waals surface area contributed by atoms with Crippen LogP contribution in [0.2, 0.25) is 0 Å². The minimum absolute atomic E-state index is 0.612. The summed E-state index contributed by atoms with van der Waals surface area (Å²) in [5.41, 5.74) is 0. The summed E-state index contributed by atoms with van der Waals surface area (Å²) in [5, 5.41) is 10.2. The van der Waals surface area contributed by atoms with Crippen molar-refractivity contribution in [2.45, 2.75) is 33.0 Å². The lowest BCUT2D eigenvalue weighted by Crippen LogP contribution is -2.04. The highest BCUT2D eigenvalue weighted by molar-refractivity contribution is 4.30. The van der Waals surface area contributed by atoms with E-state index in [4.69, 9.17) is 4.74 Å². The van der Waals surface area contributed by atoms with Crippen LogP contribution in [0.1, 0.15) is 26.7 Å². The van der Waals surface area contributed by atoms with Gasteiger partial charge >= 0.3 is 0 Å². The first-order chi connectivity index (χ1) is 3.77. The van der Waals surface area contributed by atoms with Gasteiger partial charge in [-0.25, -0.2) is 5.11 Å². The predicted molar refractivity (Wildman–Crippen MR) is 31.0 cm³/mol. The highest BCUT2D eigenvalue weighted by Gasteiger charge is 1.92. The Morgan fingerprint density at radius 2 is 2.25 bits per heavy atom. The molecule has 0 saturated carbocycles. The van der Waals surface area contributed by atoms with Gasteiger partial charge in [0.1, 0.15) is 0 Å². The summed E-state index contributed by atoms with van der Waals surface area (Å²) in [6, 6.07) is 0. The van der Waals surface area contributed by atoms with Gasteiger partial charge in [0.15, 0.2) is 6.29 Å². The monoisotopic (exact) mass is 117 g/mol. The normalized spacial score (nSPS) is 13.9. The molecule has 0 heterocycles. The molecule has 2 heteroatoms. The van der Waals surface area contributed by atoms with Crippen LogP contribution >= 0.6 is 0 Å². The molecule has 0 saturated heterocycles. The van der Waals surface area contributed by atoms with Crippen molar-refractivity contribution in [1.82, 2.24) is 0 Å². The molecule has 0 fully saturated rings. The molecule has 0 aromatic carbocycles. The molecular formula is C6H13O2. The van der Waals surface area contributed by atoms with Crippen LogP contribution in [0.5, 0.6) is 0 Å². The van der Waals surface area contributed by atoms with Gasteiger partial charge in [-0.3, -0.25) is 0 Å². The Bertz CT molecular complexity index is 43.8. The molecule has 0 aromatic rings. The standard InChI is InChI=1S/C6H13O2/c1-3-4-5-8-6(2)7/h6H,3-5H2,1-2H3. The summed E-state index contributed by atoms with van der Waals surface area (Å²) < 4.78 is 4.73. The molecule has 2 nitrogen and oxygen atoms in total. The molecule has 0 bridgehead atoms. The number of rotatable bonds is 4. The van der Waals surface area contributed by atoms with Gasteiger partial charge in [0.05, 0.1) is 0 Å². The Kier molecular flexibility index (Phi) is 5.01. The lowest BCUT2D eigenvalue weighted by atomic mass is 10.4. The van der Waals surface area contributed by atoms with Gasteiger partial charge in [-0.1, -0.05) is 13.3 Å². The topological polar surface area (TPSA) is 29.1 Å². The molecule has 0 aliphatic heterocycles. The van der Waals surface area contributed by atoms with Crippen molar-refractivity contribution in [2.24, 2.45) is 0 Å². The minimum Gasteiger partial charge on any atom is -0.350 e. The van der Waals surface area contributed by atoms with Crippen molar-refractivity contribution < 1.29 is 9.84 Å². The summed E-state index contributed by atoms with van der Waals surface area (Å²) in [4.78, 5) is 0. The molecule has 0 N–H and O–H groups in total. The Morgan fingerprint density at radius 3 is 2.62 bits per heavy atom. The third kappa shape index (κ3) is 5.92. The Balaban J connectivity index is 2.72. The fourth-order valence-electron chi connectivity index (χ4n) is 0.394. The SMILES string of the molecule is CCCCOC(C)[O]. The lowest BCUT2D eigenvalue weighted by Gasteiger charge is -2.01. The van der Waals surface area contributed by atoms with Crippen LogP contribution in [-0.2, 0) is 9.84 Å². The van der Waals surface area contributed by atoms with Crippen molar-refractivity contribution in [1.29, 1.82) is 0 Å². The molecule has 1 radical (unpaired) electrons. The van der Waals surface area contributed by atoms with Crippen LogP contribution in [0.4, 0.5) is 0 Å². The number of unbranched alkanes of at least 4 members (excludes halogenated alkanes) is 1. The van der Waals surface area contributed by atoms with Gasteiger partial charge in [-0.05, 0) is 13.3 Å². The second kappa shape index (κ2) is 5.06. The molecule has 1 atom stereocenters. The average molecular weight is 117 g/mol. The number of hydrogen-bond acceptors (Lipinski definition) is 1. The van der Waals surface area contributed by atoms with E-state index in [1.54, 1.807) is 0 Å². The van der Waals surface area contributed by atoms with Crippen LogP contribution in [0, 0.1) is 0 Å². The van der Waals surface area contributed by atoms with E-state index in [0.717, 1.165) is 12.8 Å². The summed E-state index contributed by atoms with van der Waals surface area (Å²) in [5.74, 6) is 0. The predicted octanol–water partition coefficient (Wildman–Crippen LogP) is 1.58. The van der Waals surface area contributed by atoms with E-state index in [9.17, 15) is 5.11 Å². The van der Waals surface area contributed by atoms with Crippen LogP contribution < -0.4 is 0 Å². The van der Waals surface area contributed by atoms with E-state index in [1.165, 1.54) is 6.92 Å². The molecule has 0 aromatic heterocycles. The van der Waals surface area contributed by atoms with Crippen molar-refractivity contribution >= 4 is 0 Å². The fraction of sp³-hybridized carbons (Fsp3) is 1.00. The quantitative estimate of drug-likeness (QED) is 0.406. The molecule has 0 rings (SSSR count). The maximum absolute atomic E-state index is 10.2. The molecular weight excluding hydrogens is 104 g/mol. The molecule has 49 valence electrons. The lowest BCUT2D eigenvalue weighted by molar-refractivity contribution is -0.126. The zero-order chi connectivity index (χ0) is 6.41. The van der Waals surface area contributed by atoms with E-state index in [-0.39, 0.29) is 0 Å². The summed E-state index contributed by atoms with van der Waals surface area (Å²) in [7, 11) is 0. The Labute approximate surface area is 50.5 Å². The molecule has 1 unspecified atom stereocenters. The maximum Gasteiger partial charge on any atom is 0.188 e. The number of ether oxygens (including phenoxy) is 1. The summed E-state index contributed by atoms with van der Waals surface area (Å²) >= 11 is 0. The van der Waals surface area contributed by atoms with Gasteiger partial charge in [0, 0.05) is 6.61 Å². The van der Waals surface area contributed by atoms with E-state index >= 15 is 0 Å². The third-order valence-corrected chi connectivity index (χ3v) is 0.850. The van der Waals surface area contributed by atoms with Crippen LogP contribution in [-0.4, -0.2) is 12.9 Å². The van der Waals surface area contributed by atoms with Crippen LogP contribution in [0.25, 0.3) is 0 Å². The Hall–Kier alpha value is -0.0800. The van der Waals surface area contributed by atoms with Crippen molar-refractivity contribution in [2.75, 3.05) is 6.61 Å². The van der Waals surface area contributed by atoms with Crippen LogP contribution in [0.15, 0.2) is 0 Å². The fourth-order valence-corrected chi connectivity index (χ4v) is 0.394. The van der Waals surface area contributed by atoms with Crippen molar-refractivity contribution in [3.63, 3.8) is 0 Å². The second-order valence-electron chi connectivity index (χ2n) is 1.79. The molecule has 0 aliphatic rings. The van der Waals surface area contributed by atoms with Crippen LogP contribution in [0.3, 0.4) is 0 Å². The van der Waals surface area contributed by atoms with Crippen molar-refractivity contribution in [3.05, 3.63) is 0 Å². The number of hydrogen-bond donors (Lipinski definition) is 0. The maximum atomic E-state index is 10.2. The molecule has 8 heavy (non-hydrogen) atoms. The zero-order valence-corrected chi connectivity index (χ0v) is 5.52. The first kappa shape index (κ1) is 7.92. The van der Waals surface area contributed by atoms with Gasteiger partial charge in [0.25, 0.3) is 0 Å². The van der Waals surface area contributed by atoms with E-state index in [2.05, 4.69) is 6.92 Å². The summed E-state index contributed by atoms with van der Waals surface area (Å²) in [6.45, 7) is 4.19. The first-order valence-electron chi connectivity index (χ1n) is 3.04. The van der Waals surface area contributed by atoms with E-state index in [0.29, 0.717) is 6.61 Å². The zero-order valence-electron chi connectivity index (χ0n) is 5.52. The molecule has 0 spiro atoms. The van der Waals surface area contributed by atoms with Gasteiger partial charge in [-0.15, -0.1) is 0 Å². The van der Waals surface area contributed by atoms with Crippen molar-refractivity contribution in [3.8, 4) is 0 Å². The molecule has 0 aliphatic carbocycles. The minimum atomic E-state index is -0.846. The highest BCUT2D eigenvalue weighted by atomic mass is 16.6. The van der Waals surface area contributed by atoms with Gasteiger partial charge in [-0.2, -0.15) is 0 Å². The summed E-state index contributed by atoms with van der Waals surface area (Å²) in [6.07, 6.45) is 1.24.